The Bertz CT molecular complexity index is 455. The maximum absolute atomic E-state index is 11.8. The second-order valence-corrected chi connectivity index (χ2v) is 4.97. The number of amides is 1. The molecule has 0 heterocycles. The van der Waals surface area contributed by atoms with Crippen LogP contribution in [0.2, 0.25) is 0 Å². The minimum atomic E-state index is -0.552. The molecule has 20 heavy (non-hydrogen) atoms. The molecule has 0 aliphatic heterocycles. The Morgan fingerprint density at radius 3 is 2.35 bits per heavy atom. The first-order valence-corrected chi connectivity index (χ1v) is 6.79. The summed E-state index contributed by atoms with van der Waals surface area (Å²) in [5, 5.41) is 2.72. The molecule has 1 aromatic carbocycles. The summed E-state index contributed by atoms with van der Waals surface area (Å²) < 4.78 is 5.02. The van der Waals surface area contributed by atoms with Crippen LogP contribution in [0, 0.1) is 5.92 Å². The van der Waals surface area contributed by atoms with Crippen LogP contribution in [0.4, 0.5) is 5.69 Å². The predicted molar refractivity (Wildman–Crippen MR) is 78.5 cm³/mol. The van der Waals surface area contributed by atoms with Crippen molar-refractivity contribution in [2.75, 3.05) is 11.9 Å². The topological polar surface area (TPSA) is 81.4 Å². The number of hydrogen-bond donors (Lipinski definition) is 2. The molecule has 0 unspecified atom stereocenters. The lowest BCUT2D eigenvalue weighted by Gasteiger charge is -2.15. The third kappa shape index (κ3) is 4.66. The van der Waals surface area contributed by atoms with E-state index >= 15 is 0 Å². The highest BCUT2D eigenvalue weighted by atomic mass is 16.5. The Balaban J connectivity index is 2.63. The van der Waals surface area contributed by atoms with Gasteiger partial charge in [-0.2, -0.15) is 0 Å². The SMILES string of the molecule is CCCOC(=O)c1ccc(NC(=O)[C@@H](N)C(C)C)cc1. The normalized spacial score (nSPS) is 12.1. The van der Waals surface area contributed by atoms with Crippen LogP contribution in [0.5, 0.6) is 0 Å². The molecule has 5 heteroatoms. The third-order valence-electron chi connectivity index (χ3n) is 2.85. The van der Waals surface area contributed by atoms with E-state index in [0.29, 0.717) is 17.9 Å². The number of rotatable bonds is 6. The van der Waals surface area contributed by atoms with Crippen molar-refractivity contribution in [3.8, 4) is 0 Å². The van der Waals surface area contributed by atoms with E-state index in [1.165, 1.54) is 0 Å². The summed E-state index contributed by atoms with van der Waals surface area (Å²) in [6.45, 7) is 6.11. The monoisotopic (exact) mass is 278 g/mol. The largest absolute Gasteiger partial charge is 0.462 e. The van der Waals surface area contributed by atoms with E-state index in [0.717, 1.165) is 6.42 Å². The van der Waals surface area contributed by atoms with Crippen molar-refractivity contribution in [3.05, 3.63) is 29.8 Å². The van der Waals surface area contributed by atoms with Crippen molar-refractivity contribution >= 4 is 17.6 Å². The zero-order valence-electron chi connectivity index (χ0n) is 12.2. The number of ether oxygens (including phenoxy) is 1. The second-order valence-electron chi connectivity index (χ2n) is 4.97. The number of nitrogens with two attached hydrogens (primary N) is 1. The fourth-order valence-corrected chi connectivity index (χ4v) is 1.50. The van der Waals surface area contributed by atoms with E-state index in [9.17, 15) is 9.59 Å². The van der Waals surface area contributed by atoms with Crippen LogP contribution in [0.1, 0.15) is 37.6 Å². The van der Waals surface area contributed by atoms with Gasteiger partial charge in [-0.15, -0.1) is 0 Å². The van der Waals surface area contributed by atoms with Gasteiger partial charge in [0, 0.05) is 5.69 Å². The van der Waals surface area contributed by atoms with Gasteiger partial charge in [-0.25, -0.2) is 4.79 Å². The van der Waals surface area contributed by atoms with Crippen molar-refractivity contribution < 1.29 is 14.3 Å². The van der Waals surface area contributed by atoms with Crippen LogP contribution >= 0.6 is 0 Å². The molecule has 0 aliphatic rings. The average Bonchev–Trinajstić information content (AvgIpc) is 2.44. The molecule has 1 aromatic rings. The molecular formula is C15H22N2O3. The summed E-state index contributed by atoms with van der Waals surface area (Å²) >= 11 is 0. The molecule has 3 N–H and O–H groups in total. The zero-order valence-corrected chi connectivity index (χ0v) is 12.2. The van der Waals surface area contributed by atoms with E-state index in [-0.39, 0.29) is 17.8 Å². The zero-order chi connectivity index (χ0) is 15.1. The predicted octanol–water partition coefficient (Wildman–Crippen LogP) is 2.18. The average molecular weight is 278 g/mol. The highest BCUT2D eigenvalue weighted by molar-refractivity contribution is 5.95. The van der Waals surface area contributed by atoms with Gasteiger partial charge in [0.15, 0.2) is 0 Å². The molecule has 1 amide bonds. The Morgan fingerprint density at radius 2 is 1.85 bits per heavy atom. The number of nitrogens with one attached hydrogen (secondary N) is 1. The Hall–Kier alpha value is -1.88. The number of anilines is 1. The van der Waals surface area contributed by atoms with E-state index < -0.39 is 6.04 Å². The van der Waals surface area contributed by atoms with Gasteiger partial charge < -0.3 is 15.8 Å². The van der Waals surface area contributed by atoms with E-state index in [4.69, 9.17) is 10.5 Å². The van der Waals surface area contributed by atoms with Crippen molar-refractivity contribution in [1.82, 2.24) is 0 Å². The fraction of sp³-hybridized carbons (Fsp3) is 0.467. The molecule has 0 saturated heterocycles. The number of hydrogen-bond acceptors (Lipinski definition) is 4. The van der Waals surface area contributed by atoms with Crippen LogP contribution in [0.3, 0.4) is 0 Å². The summed E-state index contributed by atoms with van der Waals surface area (Å²) in [6.07, 6.45) is 0.785. The van der Waals surface area contributed by atoms with Gasteiger partial charge in [0.25, 0.3) is 0 Å². The first-order valence-electron chi connectivity index (χ1n) is 6.79. The van der Waals surface area contributed by atoms with Crippen LogP contribution in [0.15, 0.2) is 24.3 Å². The summed E-state index contributed by atoms with van der Waals surface area (Å²) in [6, 6.07) is 6.01. The second kappa shape index (κ2) is 7.65. The minimum Gasteiger partial charge on any atom is -0.462 e. The quantitative estimate of drug-likeness (QED) is 0.781. The first-order chi connectivity index (χ1) is 9.45. The number of carbonyl (C=O) groups excluding carboxylic acids is 2. The van der Waals surface area contributed by atoms with Crippen molar-refractivity contribution in [3.63, 3.8) is 0 Å². The molecule has 0 aliphatic carbocycles. The standard InChI is InChI=1S/C15H22N2O3/c1-4-9-20-15(19)11-5-7-12(8-6-11)17-14(18)13(16)10(2)3/h5-8,10,13H,4,9,16H2,1-3H3,(H,17,18)/t13-/m0/s1. The van der Waals surface area contributed by atoms with E-state index in [1.807, 2.05) is 20.8 Å². The molecule has 5 nitrogen and oxygen atoms in total. The highest BCUT2D eigenvalue weighted by Crippen LogP contribution is 2.12. The van der Waals surface area contributed by atoms with E-state index in [1.54, 1.807) is 24.3 Å². The molecule has 0 aromatic heterocycles. The van der Waals surface area contributed by atoms with Crippen molar-refractivity contribution in [2.24, 2.45) is 11.7 Å². The van der Waals surface area contributed by atoms with Gasteiger partial charge in [-0.05, 0) is 36.6 Å². The Morgan fingerprint density at radius 1 is 1.25 bits per heavy atom. The smallest absolute Gasteiger partial charge is 0.338 e. The summed E-state index contributed by atoms with van der Waals surface area (Å²) in [7, 11) is 0. The summed E-state index contributed by atoms with van der Waals surface area (Å²) in [5.41, 5.74) is 6.83. The summed E-state index contributed by atoms with van der Waals surface area (Å²) in [5.74, 6) is -0.525. The molecule has 1 rings (SSSR count). The van der Waals surface area contributed by atoms with Crippen LogP contribution in [0.25, 0.3) is 0 Å². The molecule has 110 valence electrons. The molecule has 0 spiro atoms. The highest BCUT2D eigenvalue weighted by Gasteiger charge is 2.17. The van der Waals surface area contributed by atoms with Gasteiger partial charge in [-0.3, -0.25) is 4.79 Å². The maximum atomic E-state index is 11.8. The molecule has 0 saturated carbocycles. The number of carbonyl (C=O) groups is 2. The molecular weight excluding hydrogens is 256 g/mol. The summed E-state index contributed by atoms with van der Waals surface area (Å²) in [4.78, 5) is 23.4. The number of benzene rings is 1. The van der Waals surface area contributed by atoms with Gasteiger partial charge in [0.2, 0.25) is 5.91 Å². The van der Waals surface area contributed by atoms with Crippen molar-refractivity contribution in [2.45, 2.75) is 33.2 Å². The van der Waals surface area contributed by atoms with Crippen molar-refractivity contribution in [1.29, 1.82) is 0 Å². The Kier molecular flexibility index (Phi) is 6.18. The van der Waals surface area contributed by atoms with Crippen LogP contribution < -0.4 is 11.1 Å². The van der Waals surface area contributed by atoms with E-state index in [2.05, 4.69) is 5.32 Å². The Labute approximate surface area is 119 Å². The lowest BCUT2D eigenvalue weighted by atomic mass is 10.0. The lowest BCUT2D eigenvalue weighted by molar-refractivity contribution is -0.118. The number of esters is 1. The van der Waals surface area contributed by atoms with Crippen LogP contribution in [-0.4, -0.2) is 24.5 Å². The van der Waals surface area contributed by atoms with Crippen LogP contribution in [-0.2, 0) is 9.53 Å². The fourth-order valence-electron chi connectivity index (χ4n) is 1.50. The van der Waals surface area contributed by atoms with Gasteiger partial charge in [0.05, 0.1) is 18.2 Å². The lowest BCUT2D eigenvalue weighted by Crippen LogP contribution is -2.39. The van der Waals surface area contributed by atoms with Gasteiger partial charge >= 0.3 is 5.97 Å². The third-order valence-corrected chi connectivity index (χ3v) is 2.85. The molecule has 0 bridgehead atoms. The maximum Gasteiger partial charge on any atom is 0.338 e. The minimum absolute atomic E-state index is 0.0679. The first kappa shape index (κ1) is 16.2. The van der Waals surface area contributed by atoms with Gasteiger partial charge in [0.1, 0.15) is 0 Å². The molecule has 0 radical (unpaired) electrons. The van der Waals surface area contributed by atoms with Gasteiger partial charge in [-0.1, -0.05) is 20.8 Å². The molecule has 1 atom stereocenters. The molecule has 0 fully saturated rings.